The third kappa shape index (κ3) is 4.07. The number of rotatable bonds is 5. The Morgan fingerprint density at radius 2 is 1.76 bits per heavy atom. The van der Waals surface area contributed by atoms with E-state index in [-0.39, 0.29) is 6.04 Å². The fourth-order valence-corrected chi connectivity index (χ4v) is 2.78. The Bertz CT molecular complexity index is 593. The molecule has 0 bridgehead atoms. The van der Waals surface area contributed by atoms with Gasteiger partial charge in [0.1, 0.15) is 0 Å². The first-order chi connectivity index (χ1) is 10.0. The first-order valence-electron chi connectivity index (χ1n) is 7.23. The van der Waals surface area contributed by atoms with Crippen LogP contribution in [0.3, 0.4) is 0 Å². The summed E-state index contributed by atoms with van der Waals surface area (Å²) in [6.07, 6.45) is 0. The minimum atomic E-state index is 0.223. The van der Waals surface area contributed by atoms with Crippen LogP contribution in [0.4, 0.5) is 0 Å². The highest BCUT2D eigenvalue weighted by molar-refractivity contribution is 6.30. The highest BCUT2D eigenvalue weighted by atomic mass is 35.5. The molecule has 3 heteroatoms. The maximum atomic E-state index is 6.04. The lowest BCUT2D eigenvalue weighted by Crippen LogP contribution is -2.30. The third-order valence-electron chi connectivity index (χ3n) is 3.89. The van der Waals surface area contributed by atoms with Gasteiger partial charge in [-0.05, 0) is 49.7 Å². The average Bonchev–Trinajstić information content (AvgIpc) is 2.46. The van der Waals surface area contributed by atoms with E-state index in [1.807, 2.05) is 12.1 Å². The van der Waals surface area contributed by atoms with E-state index < -0.39 is 0 Å². The van der Waals surface area contributed by atoms with E-state index in [9.17, 15) is 0 Å². The molecule has 0 aromatic heterocycles. The van der Waals surface area contributed by atoms with Crippen molar-refractivity contribution >= 4 is 11.6 Å². The van der Waals surface area contributed by atoms with Gasteiger partial charge in [-0.25, -0.2) is 0 Å². The molecular formula is C18H23ClN2. The second-order valence-electron chi connectivity index (χ2n) is 5.65. The SMILES string of the molecule is Cc1ccc(C)c(C(CN)N(C)Cc2ccc(Cl)cc2)c1. The summed E-state index contributed by atoms with van der Waals surface area (Å²) in [4.78, 5) is 2.30. The quantitative estimate of drug-likeness (QED) is 0.901. The van der Waals surface area contributed by atoms with Gasteiger partial charge in [-0.1, -0.05) is 47.5 Å². The molecule has 112 valence electrons. The molecule has 0 fully saturated rings. The lowest BCUT2D eigenvalue weighted by molar-refractivity contribution is 0.241. The van der Waals surface area contributed by atoms with Crippen LogP contribution < -0.4 is 5.73 Å². The molecule has 0 amide bonds. The van der Waals surface area contributed by atoms with Crippen LogP contribution in [0.25, 0.3) is 0 Å². The van der Waals surface area contributed by atoms with Crippen LogP contribution in [0.2, 0.25) is 5.02 Å². The van der Waals surface area contributed by atoms with Crippen molar-refractivity contribution in [3.63, 3.8) is 0 Å². The molecule has 0 spiro atoms. The third-order valence-corrected chi connectivity index (χ3v) is 4.15. The summed E-state index contributed by atoms with van der Waals surface area (Å²) in [5.74, 6) is 0. The predicted octanol–water partition coefficient (Wildman–Crippen LogP) is 4.09. The summed E-state index contributed by atoms with van der Waals surface area (Å²) in [6, 6.07) is 14.8. The van der Waals surface area contributed by atoms with Gasteiger partial charge < -0.3 is 5.73 Å². The molecular weight excluding hydrogens is 280 g/mol. The number of nitrogens with two attached hydrogens (primary N) is 1. The molecule has 0 aliphatic rings. The van der Waals surface area contributed by atoms with Crippen LogP contribution in [0.15, 0.2) is 42.5 Å². The van der Waals surface area contributed by atoms with Gasteiger partial charge in [-0.15, -0.1) is 0 Å². The van der Waals surface area contributed by atoms with Crippen molar-refractivity contribution < 1.29 is 0 Å². The smallest absolute Gasteiger partial charge is 0.0473 e. The zero-order chi connectivity index (χ0) is 15.4. The van der Waals surface area contributed by atoms with Crippen LogP contribution in [-0.2, 0) is 6.54 Å². The molecule has 0 saturated heterocycles. The fraction of sp³-hybridized carbons (Fsp3) is 0.333. The molecule has 0 aliphatic heterocycles. The molecule has 0 heterocycles. The van der Waals surface area contributed by atoms with E-state index in [1.165, 1.54) is 22.3 Å². The largest absolute Gasteiger partial charge is 0.329 e. The monoisotopic (exact) mass is 302 g/mol. The summed E-state index contributed by atoms with van der Waals surface area (Å²) in [7, 11) is 2.12. The molecule has 2 N–H and O–H groups in total. The van der Waals surface area contributed by atoms with Crippen molar-refractivity contribution in [2.45, 2.75) is 26.4 Å². The number of nitrogens with zero attached hydrogens (tertiary/aromatic N) is 1. The van der Waals surface area contributed by atoms with Crippen molar-refractivity contribution in [1.82, 2.24) is 4.90 Å². The lowest BCUT2D eigenvalue weighted by atomic mass is 9.97. The molecule has 1 unspecified atom stereocenters. The van der Waals surface area contributed by atoms with Gasteiger partial charge in [0.05, 0.1) is 0 Å². The Morgan fingerprint density at radius 3 is 2.38 bits per heavy atom. The van der Waals surface area contributed by atoms with E-state index in [0.29, 0.717) is 6.54 Å². The van der Waals surface area contributed by atoms with E-state index in [1.54, 1.807) is 0 Å². The summed E-state index contributed by atoms with van der Waals surface area (Å²) in [6.45, 7) is 5.73. The van der Waals surface area contributed by atoms with E-state index in [2.05, 4.69) is 56.1 Å². The van der Waals surface area contributed by atoms with Gasteiger partial charge in [-0.3, -0.25) is 4.90 Å². The van der Waals surface area contributed by atoms with Crippen molar-refractivity contribution in [2.24, 2.45) is 5.73 Å². The van der Waals surface area contributed by atoms with Gasteiger partial charge in [0.15, 0.2) is 0 Å². The summed E-state index contributed by atoms with van der Waals surface area (Å²) in [5, 5.41) is 0.770. The van der Waals surface area contributed by atoms with Gasteiger partial charge in [-0.2, -0.15) is 0 Å². The second kappa shape index (κ2) is 7.08. The Balaban J connectivity index is 2.20. The van der Waals surface area contributed by atoms with Crippen LogP contribution in [0.1, 0.15) is 28.3 Å². The molecule has 0 aliphatic carbocycles. The number of hydrogen-bond donors (Lipinski definition) is 1. The zero-order valence-electron chi connectivity index (χ0n) is 12.9. The van der Waals surface area contributed by atoms with Crippen LogP contribution in [0, 0.1) is 13.8 Å². The first kappa shape index (κ1) is 16.0. The number of benzene rings is 2. The zero-order valence-corrected chi connectivity index (χ0v) is 13.7. The van der Waals surface area contributed by atoms with Crippen molar-refractivity contribution in [3.05, 3.63) is 69.7 Å². The van der Waals surface area contributed by atoms with Gasteiger partial charge in [0.25, 0.3) is 0 Å². The lowest BCUT2D eigenvalue weighted by Gasteiger charge is -2.29. The topological polar surface area (TPSA) is 29.3 Å². The minimum absolute atomic E-state index is 0.223. The van der Waals surface area contributed by atoms with Crippen LogP contribution >= 0.6 is 11.6 Å². The molecule has 2 aromatic carbocycles. The second-order valence-corrected chi connectivity index (χ2v) is 6.09. The first-order valence-corrected chi connectivity index (χ1v) is 7.61. The fourth-order valence-electron chi connectivity index (χ4n) is 2.65. The summed E-state index contributed by atoms with van der Waals surface area (Å²) >= 11 is 5.94. The molecule has 2 nitrogen and oxygen atoms in total. The highest BCUT2D eigenvalue weighted by Crippen LogP contribution is 2.25. The normalized spacial score (nSPS) is 12.7. The Morgan fingerprint density at radius 1 is 1.10 bits per heavy atom. The van der Waals surface area contributed by atoms with Crippen molar-refractivity contribution in [1.29, 1.82) is 0 Å². The van der Waals surface area contributed by atoms with E-state index >= 15 is 0 Å². The highest BCUT2D eigenvalue weighted by Gasteiger charge is 2.17. The van der Waals surface area contributed by atoms with E-state index in [4.69, 9.17) is 17.3 Å². The maximum Gasteiger partial charge on any atom is 0.0473 e. The number of aryl methyl sites for hydroxylation is 2. The maximum absolute atomic E-state index is 6.04. The molecule has 0 saturated carbocycles. The average molecular weight is 303 g/mol. The molecule has 0 radical (unpaired) electrons. The summed E-state index contributed by atoms with van der Waals surface area (Å²) in [5.41, 5.74) is 11.2. The minimum Gasteiger partial charge on any atom is -0.329 e. The molecule has 21 heavy (non-hydrogen) atoms. The van der Waals surface area contributed by atoms with Gasteiger partial charge in [0, 0.05) is 24.2 Å². The van der Waals surface area contributed by atoms with E-state index in [0.717, 1.165) is 11.6 Å². The number of likely N-dealkylation sites (N-methyl/N-ethyl adjacent to an activating group) is 1. The van der Waals surface area contributed by atoms with Gasteiger partial charge >= 0.3 is 0 Å². The van der Waals surface area contributed by atoms with Crippen LogP contribution in [0.5, 0.6) is 0 Å². The number of halogens is 1. The number of hydrogen-bond acceptors (Lipinski definition) is 2. The van der Waals surface area contributed by atoms with Crippen molar-refractivity contribution in [3.8, 4) is 0 Å². The molecule has 2 aromatic rings. The van der Waals surface area contributed by atoms with Crippen molar-refractivity contribution in [2.75, 3.05) is 13.6 Å². The van der Waals surface area contributed by atoms with Gasteiger partial charge in [0.2, 0.25) is 0 Å². The standard InChI is InChI=1S/C18H23ClN2/c1-13-4-5-14(2)17(10-13)18(11-20)21(3)12-15-6-8-16(19)9-7-15/h4-10,18H,11-12,20H2,1-3H3. The van der Waals surface area contributed by atoms with Crippen LogP contribution in [-0.4, -0.2) is 18.5 Å². The Kier molecular flexibility index (Phi) is 5.40. The Hall–Kier alpha value is -1.35. The predicted molar refractivity (Wildman–Crippen MR) is 90.6 cm³/mol. The summed E-state index contributed by atoms with van der Waals surface area (Å²) < 4.78 is 0. The molecule has 2 rings (SSSR count). The Labute approximate surface area is 132 Å². The molecule has 1 atom stereocenters.